The van der Waals surface area contributed by atoms with Gasteiger partial charge in [-0.25, -0.2) is 0 Å². The summed E-state index contributed by atoms with van der Waals surface area (Å²) in [5.41, 5.74) is 0. The van der Waals surface area contributed by atoms with Gasteiger partial charge in [0.1, 0.15) is 5.75 Å². The fourth-order valence-electron chi connectivity index (χ4n) is 0.693. The number of hydrogen-bond donors (Lipinski definition) is 0. The zero-order valence-electron chi connectivity index (χ0n) is 12.3. The predicted octanol–water partition coefficient (Wildman–Crippen LogP) is 5.74. The summed E-state index contributed by atoms with van der Waals surface area (Å²) in [5.74, 6) is 4.44. The Kier molecular flexibility index (Phi) is 25.6. The molecule has 1 nitrogen and oxygen atoms in total. The van der Waals surface area contributed by atoms with E-state index in [-0.39, 0.29) is 0 Å². The first-order valence-corrected chi connectivity index (χ1v) is 12.5. The molecule has 0 fully saturated rings. The molecule has 0 aliphatic carbocycles. The van der Waals surface area contributed by atoms with Crippen LogP contribution in [-0.2, 0) is 10.2 Å². The van der Waals surface area contributed by atoms with Gasteiger partial charge >= 0.3 is 0 Å². The van der Waals surface area contributed by atoms with Gasteiger partial charge in [0, 0.05) is 27.5 Å². The molecule has 0 spiro atoms. The van der Waals surface area contributed by atoms with Gasteiger partial charge in [0.2, 0.25) is 0 Å². The number of hydrogen-bond acceptors (Lipinski definition) is 5. The second-order valence-electron chi connectivity index (χ2n) is 3.20. The molecule has 0 aliphatic heterocycles. The normalized spacial score (nSPS) is 11.3. The summed E-state index contributed by atoms with van der Waals surface area (Å²) < 4.78 is 10.8. The summed E-state index contributed by atoms with van der Waals surface area (Å²) in [7, 11) is 4.15. The van der Waals surface area contributed by atoms with Crippen molar-refractivity contribution >= 4 is 54.4 Å². The van der Waals surface area contributed by atoms with E-state index in [1.165, 1.54) is 10.8 Å². The van der Waals surface area contributed by atoms with Gasteiger partial charge in [-0.2, -0.15) is 11.8 Å². The van der Waals surface area contributed by atoms with Crippen LogP contribution in [0.25, 0.3) is 0 Å². The van der Waals surface area contributed by atoms with Crippen molar-refractivity contribution < 1.29 is 4.55 Å². The molecule has 6 heteroatoms. The molecule has 0 bridgehead atoms. The van der Waals surface area contributed by atoms with Crippen LogP contribution >= 0.6 is 44.1 Å². The smallest absolute Gasteiger partial charge is 0.135 e. The van der Waals surface area contributed by atoms with Crippen LogP contribution in [0.5, 0.6) is 0 Å². The fraction of sp³-hybridized carbons (Fsp3) is 0.333. The molecule has 0 saturated carbocycles. The molecule has 0 aromatic rings. The molecule has 1 atom stereocenters. The molecule has 0 amide bonds. The van der Waals surface area contributed by atoms with Crippen LogP contribution in [0.4, 0.5) is 0 Å². The van der Waals surface area contributed by atoms with E-state index in [1.54, 1.807) is 33.7 Å². The third-order valence-corrected chi connectivity index (χ3v) is 7.04. The van der Waals surface area contributed by atoms with Crippen LogP contribution in [0, 0.1) is 0 Å². The van der Waals surface area contributed by atoms with Crippen molar-refractivity contribution in [1.29, 1.82) is 0 Å². The quantitative estimate of drug-likeness (QED) is 0.175. The maximum Gasteiger partial charge on any atom is 0.135 e. The van der Waals surface area contributed by atoms with Gasteiger partial charge in [0.15, 0.2) is 0 Å². The largest absolute Gasteiger partial charge is 0.605 e. The first-order valence-electron chi connectivity index (χ1n) is 6.19. The minimum Gasteiger partial charge on any atom is -0.605 e. The van der Waals surface area contributed by atoms with E-state index >= 15 is 0 Å². The van der Waals surface area contributed by atoms with Crippen LogP contribution < -0.4 is 0 Å². The van der Waals surface area contributed by atoms with Gasteiger partial charge in [0.05, 0.1) is 16.5 Å². The van der Waals surface area contributed by atoms with Crippen molar-refractivity contribution in [2.45, 2.75) is 0 Å². The van der Waals surface area contributed by atoms with E-state index in [9.17, 15) is 4.55 Å². The highest BCUT2D eigenvalue weighted by Crippen LogP contribution is 2.22. The number of thioether (sulfide) groups is 1. The Hall–Kier alpha value is 0.410. The highest BCUT2D eigenvalue weighted by Gasteiger charge is 2.01. The Morgan fingerprint density at radius 1 is 0.857 bits per heavy atom. The van der Waals surface area contributed by atoms with Crippen molar-refractivity contribution in [3.8, 4) is 0 Å². The molecule has 21 heavy (non-hydrogen) atoms. The average Bonchev–Trinajstić information content (AvgIpc) is 2.49. The molecule has 0 radical (unpaired) electrons. The lowest BCUT2D eigenvalue weighted by Crippen LogP contribution is -1.97. The van der Waals surface area contributed by atoms with E-state index < -0.39 is 10.2 Å². The summed E-state index contributed by atoms with van der Waals surface area (Å²) in [6.45, 7) is 14.3. The SMILES string of the molecule is C=CCSCC=CSSCC=C.C=CCS[S+]([O-])CC=C. The van der Waals surface area contributed by atoms with Crippen molar-refractivity contribution in [3.05, 3.63) is 62.1 Å². The number of rotatable bonds is 13. The van der Waals surface area contributed by atoms with Gasteiger partial charge in [-0.3, -0.25) is 0 Å². The van der Waals surface area contributed by atoms with Crippen molar-refractivity contribution in [3.63, 3.8) is 0 Å². The van der Waals surface area contributed by atoms with Crippen LogP contribution in [0.2, 0.25) is 0 Å². The van der Waals surface area contributed by atoms with Crippen LogP contribution in [0.1, 0.15) is 0 Å². The molecular weight excluding hydrogens is 356 g/mol. The van der Waals surface area contributed by atoms with Crippen molar-refractivity contribution in [1.82, 2.24) is 0 Å². The molecule has 0 aromatic carbocycles. The maximum atomic E-state index is 10.8. The fourth-order valence-corrected chi connectivity index (χ4v) is 4.63. The molecule has 0 N–H and O–H groups in total. The molecule has 0 rings (SSSR count). The van der Waals surface area contributed by atoms with E-state index in [0.29, 0.717) is 5.75 Å². The molecule has 0 aromatic heterocycles. The molecular formula is C15H24OS5. The molecule has 0 heterocycles. The van der Waals surface area contributed by atoms with Gasteiger partial charge in [-0.15, -0.1) is 19.7 Å². The molecule has 0 aliphatic rings. The lowest BCUT2D eigenvalue weighted by Gasteiger charge is -2.02. The highest BCUT2D eigenvalue weighted by atomic mass is 33.1. The second kappa shape index (κ2) is 22.7. The Morgan fingerprint density at radius 3 is 2.10 bits per heavy atom. The Labute approximate surface area is 149 Å². The summed E-state index contributed by atoms with van der Waals surface area (Å²) in [6.07, 6.45) is 9.42. The van der Waals surface area contributed by atoms with Crippen LogP contribution in [0.3, 0.4) is 0 Å². The van der Waals surface area contributed by atoms with E-state index in [4.69, 9.17) is 0 Å². The van der Waals surface area contributed by atoms with Gasteiger partial charge in [0.25, 0.3) is 0 Å². The standard InChI is InChI=1S/C9H14S3.C6H10OS2/c1-3-6-10-8-5-9-12-11-7-4-2;1-3-5-8-9(7)6-4-2/h3-5,9H,1-2,6-8H2;3-4H,1-2,5-6H2. The van der Waals surface area contributed by atoms with E-state index in [2.05, 4.69) is 37.8 Å². The minimum atomic E-state index is -0.793. The van der Waals surface area contributed by atoms with Crippen molar-refractivity contribution in [2.24, 2.45) is 0 Å². The minimum absolute atomic E-state index is 0.568. The monoisotopic (exact) mass is 380 g/mol. The summed E-state index contributed by atoms with van der Waals surface area (Å²) in [5, 5.41) is 2.13. The maximum absolute atomic E-state index is 10.8. The third-order valence-electron chi connectivity index (χ3n) is 1.43. The Morgan fingerprint density at radius 2 is 1.52 bits per heavy atom. The van der Waals surface area contributed by atoms with E-state index in [1.807, 2.05) is 23.9 Å². The zero-order chi connectivity index (χ0) is 16.2. The first-order chi connectivity index (χ1) is 10.2. The lowest BCUT2D eigenvalue weighted by atomic mass is 10.8. The molecule has 1 unspecified atom stereocenters. The predicted molar refractivity (Wildman–Crippen MR) is 113 cm³/mol. The van der Waals surface area contributed by atoms with Crippen molar-refractivity contribution in [2.75, 3.05) is 28.8 Å². The Bertz CT molecular complexity index is 276. The van der Waals surface area contributed by atoms with Crippen LogP contribution in [-0.4, -0.2) is 33.3 Å². The van der Waals surface area contributed by atoms with Gasteiger partial charge < -0.3 is 4.55 Å². The topological polar surface area (TPSA) is 23.1 Å². The molecule has 120 valence electrons. The van der Waals surface area contributed by atoms with E-state index in [0.717, 1.165) is 23.0 Å². The van der Waals surface area contributed by atoms with Crippen LogP contribution in [0.15, 0.2) is 62.1 Å². The first kappa shape index (κ1) is 23.7. The summed E-state index contributed by atoms with van der Waals surface area (Å²) in [4.78, 5) is 0. The zero-order valence-corrected chi connectivity index (χ0v) is 16.4. The summed E-state index contributed by atoms with van der Waals surface area (Å²) >= 11 is 1.87. The Balaban J connectivity index is 0. The summed E-state index contributed by atoms with van der Waals surface area (Å²) in [6, 6.07) is 0. The third kappa shape index (κ3) is 25.7. The van der Waals surface area contributed by atoms with Gasteiger partial charge in [-0.1, -0.05) is 52.5 Å². The highest BCUT2D eigenvalue weighted by molar-refractivity contribution is 8.77. The lowest BCUT2D eigenvalue weighted by molar-refractivity contribution is 0.612. The molecule has 0 saturated heterocycles. The second-order valence-corrected chi connectivity index (χ2v) is 9.92. The average molecular weight is 381 g/mol. The van der Waals surface area contributed by atoms with Gasteiger partial charge in [-0.05, 0) is 11.5 Å².